The molecule has 0 radical (unpaired) electrons. The second-order valence-corrected chi connectivity index (χ2v) is 5.05. The fraction of sp³-hybridized carbons (Fsp3) is 0.0769. The predicted octanol–water partition coefficient (Wildman–Crippen LogP) is 5.19. The van der Waals surface area contributed by atoms with Crippen LogP contribution in [0.1, 0.15) is 16.5 Å². The molecule has 0 heterocycles. The van der Waals surface area contributed by atoms with Crippen LogP contribution in [0, 0.1) is 17.5 Å². The molecule has 2 aromatic rings. The van der Waals surface area contributed by atoms with Crippen molar-refractivity contribution in [2.75, 3.05) is 0 Å². The molecule has 94 valence electrons. The average Bonchev–Trinajstić information content (AvgIpc) is 2.32. The summed E-state index contributed by atoms with van der Waals surface area (Å²) < 4.78 is 40.1. The lowest BCUT2D eigenvalue weighted by Crippen LogP contribution is -1.98. The summed E-state index contributed by atoms with van der Waals surface area (Å²) in [7, 11) is 0. The first-order chi connectivity index (χ1) is 8.49. The quantitative estimate of drug-likeness (QED) is 0.662. The summed E-state index contributed by atoms with van der Waals surface area (Å²) in [5.41, 5.74) is 0.516. The molecule has 1 unspecified atom stereocenters. The van der Waals surface area contributed by atoms with Gasteiger partial charge in [0.1, 0.15) is 5.82 Å². The van der Waals surface area contributed by atoms with Gasteiger partial charge in [-0.05, 0) is 29.8 Å². The minimum atomic E-state index is -1.00. The monoisotopic (exact) mass is 334 g/mol. The molecule has 1 atom stereocenters. The van der Waals surface area contributed by atoms with Crippen molar-refractivity contribution in [3.05, 3.63) is 69.4 Å². The molecule has 0 aliphatic rings. The summed E-state index contributed by atoms with van der Waals surface area (Å²) in [4.78, 5) is 0. The standard InChI is InChI=1S/C13H7BrClF3/c14-8-2-3-9(11(17)6-8)13(15)7-1-4-10(16)12(18)5-7/h1-6,13H. The van der Waals surface area contributed by atoms with Crippen LogP contribution >= 0.6 is 27.5 Å². The Labute approximate surface area is 116 Å². The number of rotatable bonds is 2. The Hall–Kier alpha value is -1.00. The zero-order valence-electron chi connectivity index (χ0n) is 8.93. The molecule has 0 bridgehead atoms. The first kappa shape index (κ1) is 13.4. The number of alkyl halides is 1. The third kappa shape index (κ3) is 2.70. The normalized spacial score (nSPS) is 12.5. The average molecular weight is 336 g/mol. The molecule has 2 aromatic carbocycles. The van der Waals surface area contributed by atoms with Crippen LogP contribution in [0.2, 0.25) is 0 Å². The minimum Gasteiger partial charge on any atom is -0.207 e. The highest BCUT2D eigenvalue weighted by Gasteiger charge is 2.17. The maximum absolute atomic E-state index is 13.7. The van der Waals surface area contributed by atoms with Crippen molar-refractivity contribution in [1.82, 2.24) is 0 Å². The van der Waals surface area contributed by atoms with Crippen molar-refractivity contribution in [3.8, 4) is 0 Å². The van der Waals surface area contributed by atoms with E-state index in [1.54, 1.807) is 6.07 Å². The predicted molar refractivity (Wildman–Crippen MR) is 68.2 cm³/mol. The minimum absolute atomic E-state index is 0.214. The largest absolute Gasteiger partial charge is 0.207 e. The van der Waals surface area contributed by atoms with E-state index in [2.05, 4.69) is 15.9 Å². The first-order valence-corrected chi connectivity index (χ1v) is 6.26. The van der Waals surface area contributed by atoms with Gasteiger partial charge in [0, 0.05) is 10.0 Å². The second kappa shape index (κ2) is 5.33. The first-order valence-electron chi connectivity index (χ1n) is 5.03. The Balaban J connectivity index is 2.41. The van der Waals surface area contributed by atoms with E-state index in [-0.39, 0.29) is 5.56 Å². The summed E-state index contributed by atoms with van der Waals surface area (Å²) >= 11 is 9.20. The molecule has 0 aliphatic carbocycles. The van der Waals surface area contributed by atoms with E-state index >= 15 is 0 Å². The van der Waals surface area contributed by atoms with Gasteiger partial charge in [-0.25, -0.2) is 13.2 Å². The molecule has 0 aliphatic heterocycles. The summed E-state index contributed by atoms with van der Waals surface area (Å²) in [6.07, 6.45) is 0. The van der Waals surface area contributed by atoms with Crippen molar-refractivity contribution in [1.29, 1.82) is 0 Å². The molecular formula is C13H7BrClF3. The lowest BCUT2D eigenvalue weighted by atomic mass is 10.0. The molecule has 18 heavy (non-hydrogen) atoms. The maximum Gasteiger partial charge on any atom is 0.159 e. The van der Waals surface area contributed by atoms with Crippen molar-refractivity contribution in [3.63, 3.8) is 0 Å². The molecule has 0 amide bonds. The molecule has 2 rings (SSSR count). The van der Waals surface area contributed by atoms with Crippen LogP contribution < -0.4 is 0 Å². The van der Waals surface area contributed by atoms with E-state index in [1.165, 1.54) is 18.2 Å². The van der Waals surface area contributed by atoms with Crippen molar-refractivity contribution < 1.29 is 13.2 Å². The highest BCUT2D eigenvalue weighted by atomic mass is 79.9. The maximum atomic E-state index is 13.7. The van der Waals surface area contributed by atoms with Gasteiger partial charge in [0.2, 0.25) is 0 Å². The second-order valence-electron chi connectivity index (χ2n) is 3.70. The molecule has 0 saturated heterocycles. The van der Waals surface area contributed by atoms with Crippen LogP contribution in [0.15, 0.2) is 40.9 Å². The Morgan fingerprint density at radius 3 is 2.22 bits per heavy atom. The van der Waals surface area contributed by atoms with Crippen molar-refractivity contribution in [2.45, 2.75) is 5.38 Å². The van der Waals surface area contributed by atoms with Gasteiger partial charge >= 0.3 is 0 Å². The van der Waals surface area contributed by atoms with Gasteiger partial charge in [-0.1, -0.05) is 28.1 Å². The number of benzene rings is 2. The zero-order chi connectivity index (χ0) is 13.3. The fourth-order valence-electron chi connectivity index (χ4n) is 1.56. The molecule has 0 N–H and O–H groups in total. The summed E-state index contributed by atoms with van der Waals surface area (Å²) in [5, 5.41) is -0.867. The molecule has 0 spiro atoms. The fourth-order valence-corrected chi connectivity index (χ4v) is 2.20. The molecule has 0 aromatic heterocycles. The smallest absolute Gasteiger partial charge is 0.159 e. The van der Waals surface area contributed by atoms with E-state index < -0.39 is 22.8 Å². The van der Waals surface area contributed by atoms with Gasteiger partial charge in [-0.15, -0.1) is 11.6 Å². The number of halogens is 5. The van der Waals surface area contributed by atoms with Crippen LogP contribution in [0.25, 0.3) is 0 Å². The Morgan fingerprint density at radius 1 is 0.889 bits per heavy atom. The third-order valence-corrected chi connectivity index (χ3v) is 3.45. The number of hydrogen-bond donors (Lipinski definition) is 0. The lowest BCUT2D eigenvalue weighted by Gasteiger charge is -2.12. The molecule has 5 heteroatoms. The molecule has 0 nitrogen and oxygen atoms in total. The summed E-state index contributed by atoms with van der Waals surface area (Å²) in [6.45, 7) is 0. The highest BCUT2D eigenvalue weighted by molar-refractivity contribution is 9.10. The van der Waals surface area contributed by atoms with E-state index in [9.17, 15) is 13.2 Å². The van der Waals surface area contributed by atoms with Crippen LogP contribution in [0.4, 0.5) is 13.2 Å². The van der Waals surface area contributed by atoms with E-state index in [4.69, 9.17) is 11.6 Å². The van der Waals surface area contributed by atoms with E-state index in [1.807, 2.05) is 0 Å². The van der Waals surface area contributed by atoms with Gasteiger partial charge in [0.05, 0.1) is 5.38 Å². The summed E-state index contributed by atoms with van der Waals surface area (Å²) in [5.74, 6) is -2.47. The van der Waals surface area contributed by atoms with Gasteiger partial charge < -0.3 is 0 Å². The molecule has 0 saturated carbocycles. The van der Waals surface area contributed by atoms with Crippen molar-refractivity contribution >= 4 is 27.5 Å². The Bertz CT molecular complexity index is 586. The summed E-state index contributed by atoms with van der Waals surface area (Å²) in [6, 6.07) is 7.67. The van der Waals surface area contributed by atoms with Gasteiger partial charge in [-0.2, -0.15) is 0 Å². The Kier molecular flexibility index (Phi) is 3.97. The Morgan fingerprint density at radius 2 is 1.61 bits per heavy atom. The third-order valence-electron chi connectivity index (χ3n) is 2.47. The van der Waals surface area contributed by atoms with Crippen LogP contribution in [-0.4, -0.2) is 0 Å². The zero-order valence-corrected chi connectivity index (χ0v) is 11.3. The van der Waals surface area contributed by atoms with Crippen LogP contribution in [0.5, 0.6) is 0 Å². The highest BCUT2D eigenvalue weighted by Crippen LogP contribution is 2.32. The van der Waals surface area contributed by atoms with E-state index in [0.29, 0.717) is 10.0 Å². The molecular weight excluding hydrogens is 328 g/mol. The topological polar surface area (TPSA) is 0 Å². The SMILES string of the molecule is Fc1ccc(C(Cl)c2ccc(Br)cc2F)cc1F. The van der Waals surface area contributed by atoms with Crippen molar-refractivity contribution in [2.24, 2.45) is 0 Å². The van der Waals surface area contributed by atoms with E-state index in [0.717, 1.165) is 12.1 Å². The van der Waals surface area contributed by atoms with Gasteiger partial charge in [-0.3, -0.25) is 0 Å². The molecule has 0 fully saturated rings. The van der Waals surface area contributed by atoms with Gasteiger partial charge in [0.15, 0.2) is 11.6 Å². The van der Waals surface area contributed by atoms with Gasteiger partial charge in [0.25, 0.3) is 0 Å². The van der Waals surface area contributed by atoms with Crippen LogP contribution in [-0.2, 0) is 0 Å². The van der Waals surface area contributed by atoms with Crippen LogP contribution in [0.3, 0.4) is 0 Å². The number of hydrogen-bond acceptors (Lipinski definition) is 0. The lowest BCUT2D eigenvalue weighted by molar-refractivity contribution is 0.507.